The van der Waals surface area contributed by atoms with Crippen molar-refractivity contribution in [2.45, 2.75) is 0 Å². The van der Waals surface area contributed by atoms with Crippen LogP contribution in [0.15, 0.2) is 180 Å². The molecule has 0 aliphatic carbocycles. The van der Waals surface area contributed by atoms with Crippen molar-refractivity contribution in [3.63, 3.8) is 0 Å². The third-order valence-corrected chi connectivity index (χ3v) is 7.23. The fraction of sp³-hybridized carbons (Fsp3) is 0. The summed E-state index contributed by atoms with van der Waals surface area (Å²) in [4.78, 5) is 35.9. The molecule has 0 bridgehead atoms. The zero-order chi connectivity index (χ0) is 33.8. The molecule has 10 heteroatoms. The van der Waals surface area contributed by atoms with Gasteiger partial charge in [0.2, 0.25) is 0 Å². The minimum atomic E-state index is 0. The monoisotopic (exact) mass is 856 g/mol. The maximum absolute atomic E-state index is 4.59. The summed E-state index contributed by atoms with van der Waals surface area (Å²) in [6.07, 6.45) is 5.28. The Morgan fingerprint density at radius 2 is 0.981 bits per heavy atom. The molecule has 0 aliphatic rings. The summed E-state index contributed by atoms with van der Waals surface area (Å²) >= 11 is 0. The predicted molar refractivity (Wildman–Crippen MR) is 193 cm³/mol. The number of nitrogens with zero attached hydrogens (tertiary/aromatic N) is 8. The Hall–Kier alpha value is -5.74. The van der Waals surface area contributed by atoms with Gasteiger partial charge in [-0.05, 0) is 59.2 Å². The van der Waals surface area contributed by atoms with Crippen LogP contribution in [0.2, 0.25) is 0 Å². The first-order chi connectivity index (χ1) is 24.8. The van der Waals surface area contributed by atoms with Gasteiger partial charge in [-0.25, -0.2) is 0 Å². The molecule has 8 aromatic rings. The fourth-order valence-corrected chi connectivity index (χ4v) is 4.91. The summed E-state index contributed by atoms with van der Waals surface area (Å²) in [5, 5.41) is 0. The molecule has 0 atom stereocenters. The zero-order valence-electron chi connectivity index (χ0n) is 27.4. The molecule has 0 aliphatic heterocycles. The van der Waals surface area contributed by atoms with E-state index in [-0.39, 0.29) is 40.8 Å². The average Bonchev–Trinajstić information content (AvgIpc) is 3.20. The molecule has 0 fully saturated rings. The van der Waals surface area contributed by atoms with Crippen molar-refractivity contribution >= 4 is 11.5 Å². The number of pyridine rings is 6. The SMILES string of the molecule is [Pd+2].[Pd+2].[c-]1c(N=c2cccc(-c3ccccn3)[n-]2)cccc1-c1ccccn1.[c-]1ccccc1-c1cccc(N=c2cccc(-c3ccccn3)[n-]2)n1. The van der Waals surface area contributed by atoms with E-state index in [9.17, 15) is 0 Å². The van der Waals surface area contributed by atoms with Crippen molar-refractivity contribution in [3.05, 3.63) is 193 Å². The van der Waals surface area contributed by atoms with Gasteiger partial charge in [-0.1, -0.05) is 83.8 Å². The van der Waals surface area contributed by atoms with Crippen molar-refractivity contribution in [2.24, 2.45) is 9.98 Å². The van der Waals surface area contributed by atoms with E-state index in [0.29, 0.717) is 22.5 Å². The Labute approximate surface area is 329 Å². The first-order valence-corrected chi connectivity index (χ1v) is 15.9. The summed E-state index contributed by atoms with van der Waals surface area (Å²) in [5.74, 6) is 0.612. The van der Waals surface area contributed by atoms with Gasteiger partial charge >= 0.3 is 40.8 Å². The van der Waals surface area contributed by atoms with Gasteiger partial charge in [0.25, 0.3) is 0 Å². The first kappa shape index (κ1) is 37.5. The molecule has 2 aromatic carbocycles. The molecule has 8 nitrogen and oxygen atoms in total. The van der Waals surface area contributed by atoms with Gasteiger partial charge < -0.3 is 29.9 Å². The largest absolute Gasteiger partial charge is 2.00 e. The van der Waals surface area contributed by atoms with Crippen LogP contribution in [-0.4, -0.2) is 19.9 Å². The molecule has 6 aromatic heterocycles. The number of rotatable bonds is 6. The summed E-state index contributed by atoms with van der Waals surface area (Å²) in [5.41, 5.74) is 8.72. The minimum absolute atomic E-state index is 0. The fourth-order valence-electron chi connectivity index (χ4n) is 4.91. The summed E-state index contributed by atoms with van der Waals surface area (Å²) in [7, 11) is 0. The second-order valence-electron chi connectivity index (χ2n) is 10.7. The number of benzene rings is 2. The third-order valence-electron chi connectivity index (χ3n) is 7.23. The first-order valence-electron chi connectivity index (χ1n) is 15.9. The maximum Gasteiger partial charge on any atom is 2.00 e. The van der Waals surface area contributed by atoms with Gasteiger partial charge in [-0.15, -0.1) is 71.4 Å². The predicted octanol–water partition coefficient (Wildman–Crippen LogP) is 7.60. The molecule has 6 heterocycles. The quantitative estimate of drug-likeness (QED) is 0.126. The van der Waals surface area contributed by atoms with E-state index in [2.05, 4.69) is 52.0 Å². The van der Waals surface area contributed by atoms with Gasteiger partial charge in [0.15, 0.2) is 0 Å². The molecule has 256 valence electrons. The van der Waals surface area contributed by atoms with Crippen LogP contribution in [0.4, 0.5) is 11.5 Å². The molecule has 0 saturated heterocycles. The van der Waals surface area contributed by atoms with Crippen molar-refractivity contribution in [1.29, 1.82) is 0 Å². The van der Waals surface area contributed by atoms with Crippen LogP contribution in [0.25, 0.3) is 45.3 Å². The Morgan fingerprint density at radius 1 is 0.442 bits per heavy atom. The molecular formula is C42H28N8Pd2. The molecule has 52 heavy (non-hydrogen) atoms. The van der Waals surface area contributed by atoms with Gasteiger partial charge in [-0.2, -0.15) is 0 Å². The van der Waals surface area contributed by atoms with Gasteiger partial charge in [0, 0.05) is 24.4 Å². The summed E-state index contributed by atoms with van der Waals surface area (Å²) < 4.78 is 0. The van der Waals surface area contributed by atoms with E-state index < -0.39 is 0 Å². The van der Waals surface area contributed by atoms with Crippen molar-refractivity contribution in [1.82, 2.24) is 29.9 Å². The van der Waals surface area contributed by atoms with Crippen LogP contribution < -0.4 is 20.9 Å². The van der Waals surface area contributed by atoms with E-state index in [1.165, 1.54) is 0 Å². The van der Waals surface area contributed by atoms with E-state index in [4.69, 9.17) is 0 Å². The molecule has 0 radical (unpaired) electrons. The Kier molecular flexibility index (Phi) is 13.7. The maximum atomic E-state index is 4.59. The molecule has 8 rings (SSSR count). The minimum Gasteiger partial charge on any atom is -0.455 e. The van der Waals surface area contributed by atoms with E-state index in [1.807, 2.05) is 152 Å². The molecule has 0 saturated carbocycles. The molecule has 0 amide bonds. The number of hydrogen-bond acceptors (Lipinski definition) is 6. The molecule has 0 spiro atoms. The van der Waals surface area contributed by atoms with Crippen LogP contribution in [0.1, 0.15) is 0 Å². The second-order valence-corrected chi connectivity index (χ2v) is 10.7. The second kappa shape index (κ2) is 19.0. The molecule has 0 N–H and O–H groups in total. The van der Waals surface area contributed by atoms with Crippen LogP contribution in [0.3, 0.4) is 0 Å². The van der Waals surface area contributed by atoms with Crippen LogP contribution >= 0.6 is 0 Å². The van der Waals surface area contributed by atoms with E-state index in [1.54, 1.807) is 18.6 Å². The zero-order valence-corrected chi connectivity index (χ0v) is 30.5. The number of hydrogen-bond donors (Lipinski definition) is 0. The normalized spacial score (nSPS) is 11.0. The topological polar surface area (TPSA) is 104 Å². The van der Waals surface area contributed by atoms with Gasteiger partial charge in [0.05, 0.1) is 11.4 Å². The Morgan fingerprint density at radius 3 is 1.58 bits per heavy atom. The van der Waals surface area contributed by atoms with Crippen LogP contribution in [0.5, 0.6) is 0 Å². The summed E-state index contributed by atoms with van der Waals surface area (Å²) in [6.45, 7) is 0. The molecular weight excluding hydrogens is 829 g/mol. The van der Waals surface area contributed by atoms with Crippen LogP contribution in [0, 0.1) is 12.1 Å². The van der Waals surface area contributed by atoms with E-state index in [0.717, 1.165) is 45.3 Å². The number of aromatic nitrogens is 6. The van der Waals surface area contributed by atoms with Gasteiger partial charge in [0.1, 0.15) is 0 Å². The van der Waals surface area contributed by atoms with Crippen LogP contribution in [-0.2, 0) is 40.8 Å². The van der Waals surface area contributed by atoms with Crippen molar-refractivity contribution in [3.8, 4) is 45.3 Å². The standard InChI is InChI=1S/2C21H14N4.2Pd/c1-3-13-22-18(9-1)16-7-5-8-17(15-16)24-21-12-6-11-20(25-21)19-10-2-4-14-23-19;1-2-8-16(9-3-1)17-11-6-13-20(23-17)25-21-14-7-12-19(24-21)18-10-4-5-15-22-18;;/h1-14H;1-8,10-15H;;/q2*-2;2*+2. The van der Waals surface area contributed by atoms with Crippen molar-refractivity contribution in [2.75, 3.05) is 0 Å². The smallest absolute Gasteiger partial charge is 0.455 e. The van der Waals surface area contributed by atoms with Crippen molar-refractivity contribution < 1.29 is 40.8 Å². The van der Waals surface area contributed by atoms with E-state index >= 15 is 0 Å². The Balaban J connectivity index is 0.000000194. The third kappa shape index (κ3) is 10.2. The Bertz CT molecular complexity index is 2260. The summed E-state index contributed by atoms with van der Waals surface area (Å²) in [6, 6.07) is 54.5. The average molecular weight is 858 g/mol. The molecule has 0 unspecified atom stereocenters. The van der Waals surface area contributed by atoms with Gasteiger partial charge in [-0.3, -0.25) is 9.97 Å².